The summed E-state index contributed by atoms with van der Waals surface area (Å²) in [6, 6.07) is 0. The minimum Gasteiger partial charge on any atom is -0.197 e. The van der Waals surface area contributed by atoms with Crippen LogP contribution in [0.1, 0.15) is 0 Å². The Balaban J connectivity index is 3.88. The first-order valence-electron chi connectivity index (χ1n) is 1.93. The SMILES string of the molecule is C=CCS(=O)(=O)OOCl. The summed E-state index contributed by atoms with van der Waals surface area (Å²) in [4.78, 5) is 0. The monoisotopic (exact) mass is 172 g/mol. The highest BCUT2D eigenvalue weighted by molar-refractivity contribution is 7.86. The van der Waals surface area contributed by atoms with Crippen LogP contribution in [0, 0.1) is 0 Å². The zero-order valence-corrected chi connectivity index (χ0v) is 5.98. The van der Waals surface area contributed by atoms with Crippen LogP contribution in [-0.4, -0.2) is 14.2 Å². The zero-order valence-electron chi connectivity index (χ0n) is 4.41. The lowest BCUT2D eigenvalue weighted by Gasteiger charge is -1.92. The molecule has 0 aromatic rings. The molecule has 0 N–H and O–H groups in total. The topological polar surface area (TPSA) is 52.6 Å². The lowest BCUT2D eigenvalue weighted by Crippen LogP contribution is -2.05. The quantitative estimate of drug-likeness (QED) is 0.354. The fourth-order valence-electron chi connectivity index (χ4n) is 0.211. The fraction of sp³-hybridized carbons (Fsp3) is 0.333. The molecule has 0 aliphatic heterocycles. The van der Waals surface area contributed by atoms with Crippen LogP contribution in [0.15, 0.2) is 12.7 Å². The molecule has 0 rings (SSSR count). The maximum absolute atomic E-state index is 10.3. The first-order valence-corrected chi connectivity index (χ1v) is 3.81. The molecule has 0 radical (unpaired) electrons. The summed E-state index contributed by atoms with van der Waals surface area (Å²) in [5.41, 5.74) is 0. The van der Waals surface area contributed by atoms with Gasteiger partial charge in [0.15, 0.2) is 0 Å². The normalized spacial score (nSPS) is 11.2. The van der Waals surface area contributed by atoms with Gasteiger partial charge >= 0.3 is 0 Å². The molecule has 0 unspecified atom stereocenters. The molecule has 0 atom stereocenters. The molecule has 0 heterocycles. The second-order valence-electron chi connectivity index (χ2n) is 1.14. The standard InChI is InChI=1S/C3H5ClO4S/c1-2-3-9(5,6)8-7-4/h2H,1,3H2. The number of halogens is 1. The summed E-state index contributed by atoms with van der Waals surface area (Å²) in [5.74, 6) is -0.320. The molecule has 6 heteroatoms. The van der Waals surface area contributed by atoms with Crippen molar-refractivity contribution in [3.63, 3.8) is 0 Å². The van der Waals surface area contributed by atoms with Gasteiger partial charge in [0, 0.05) is 0 Å². The van der Waals surface area contributed by atoms with Crippen LogP contribution in [0.4, 0.5) is 0 Å². The molecule has 0 bridgehead atoms. The van der Waals surface area contributed by atoms with E-state index in [1.54, 1.807) is 0 Å². The van der Waals surface area contributed by atoms with Crippen molar-refractivity contribution in [2.75, 3.05) is 5.75 Å². The predicted molar refractivity (Wildman–Crippen MR) is 32.0 cm³/mol. The molecule has 0 amide bonds. The minimum atomic E-state index is -3.65. The van der Waals surface area contributed by atoms with Gasteiger partial charge in [0.05, 0.1) is 5.75 Å². The van der Waals surface area contributed by atoms with Crippen LogP contribution in [-0.2, 0) is 18.9 Å². The molecule has 0 saturated carbocycles. The van der Waals surface area contributed by atoms with Crippen molar-refractivity contribution in [1.82, 2.24) is 0 Å². The molecule has 9 heavy (non-hydrogen) atoms. The number of hydrogen-bond acceptors (Lipinski definition) is 4. The van der Waals surface area contributed by atoms with Gasteiger partial charge in [-0.1, -0.05) is 10.4 Å². The smallest absolute Gasteiger partial charge is 0.197 e. The van der Waals surface area contributed by atoms with E-state index in [1.165, 1.54) is 0 Å². The Hall–Kier alpha value is -0.100. The number of rotatable bonds is 4. The Bertz CT molecular complexity index is 172. The van der Waals surface area contributed by atoms with E-state index in [9.17, 15) is 8.42 Å². The summed E-state index contributed by atoms with van der Waals surface area (Å²) in [5, 5.41) is 0. The third-order valence-electron chi connectivity index (χ3n) is 0.451. The van der Waals surface area contributed by atoms with Crippen molar-refractivity contribution in [3.8, 4) is 0 Å². The second-order valence-corrected chi connectivity index (χ2v) is 2.85. The average molecular weight is 173 g/mol. The van der Waals surface area contributed by atoms with Crippen molar-refractivity contribution in [1.29, 1.82) is 0 Å². The molecule has 0 saturated heterocycles. The first kappa shape index (κ1) is 8.90. The van der Waals surface area contributed by atoms with Crippen molar-refractivity contribution < 1.29 is 17.2 Å². The van der Waals surface area contributed by atoms with Crippen molar-refractivity contribution in [2.24, 2.45) is 0 Å². The Kier molecular flexibility index (Phi) is 3.79. The molecule has 0 spiro atoms. The van der Waals surface area contributed by atoms with Gasteiger partial charge in [-0.15, -0.1) is 11.0 Å². The van der Waals surface area contributed by atoms with Crippen LogP contribution in [0.5, 0.6) is 0 Å². The van der Waals surface area contributed by atoms with Crippen LogP contribution in [0.3, 0.4) is 0 Å². The minimum absolute atomic E-state index is 0.320. The van der Waals surface area contributed by atoms with E-state index < -0.39 is 10.1 Å². The van der Waals surface area contributed by atoms with Gasteiger partial charge < -0.3 is 0 Å². The highest BCUT2D eigenvalue weighted by Crippen LogP contribution is 1.95. The van der Waals surface area contributed by atoms with Crippen LogP contribution in [0.25, 0.3) is 0 Å². The molecule has 0 aromatic heterocycles. The maximum Gasteiger partial charge on any atom is 0.298 e. The van der Waals surface area contributed by atoms with E-state index in [4.69, 9.17) is 0 Å². The highest BCUT2D eigenvalue weighted by atomic mass is 35.5. The lowest BCUT2D eigenvalue weighted by atomic mass is 10.8. The van der Waals surface area contributed by atoms with E-state index in [2.05, 4.69) is 27.2 Å². The van der Waals surface area contributed by atoms with Crippen LogP contribution in [0.2, 0.25) is 0 Å². The van der Waals surface area contributed by atoms with Crippen molar-refractivity contribution >= 4 is 22.0 Å². The molecule has 0 aromatic carbocycles. The summed E-state index contributed by atoms with van der Waals surface area (Å²) < 4.78 is 27.7. The van der Waals surface area contributed by atoms with Gasteiger partial charge in [-0.3, -0.25) is 0 Å². The van der Waals surface area contributed by atoms with E-state index in [1.807, 2.05) is 0 Å². The van der Waals surface area contributed by atoms with E-state index in [0.717, 1.165) is 6.08 Å². The lowest BCUT2D eigenvalue weighted by molar-refractivity contribution is -0.0836. The van der Waals surface area contributed by atoms with E-state index in [-0.39, 0.29) is 5.75 Å². The summed E-state index contributed by atoms with van der Waals surface area (Å²) in [6.07, 6.45) is 1.16. The molecule has 0 aliphatic rings. The largest absolute Gasteiger partial charge is 0.298 e. The van der Waals surface area contributed by atoms with Crippen molar-refractivity contribution in [2.45, 2.75) is 0 Å². The van der Waals surface area contributed by atoms with E-state index in [0.29, 0.717) is 0 Å². The molecular formula is C3H5ClO4S. The van der Waals surface area contributed by atoms with Gasteiger partial charge in [-0.25, -0.2) is 0 Å². The van der Waals surface area contributed by atoms with Gasteiger partial charge in [0.1, 0.15) is 11.9 Å². The number of hydrogen-bond donors (Lipinski definition) is 0. The molecule has 54 valence electrons. The van der Waals surface area contributed by atoms with Gasteiger partial charge in [-0.05, 0) is 0 Å². The molecule has 0 fully saturated rings. The molecule has 4 nitrogen and oxygen atoms in total. The third-order valence-corrected chi connectivity index (χ3v) is 1.51. The van der Waals surface area contributed by atoms with Gasteiger partial charge in [0.25, 0.3) is 10.1 Å². The van der Waals surface area contributed by atoms with Crippen LogP contribution >= 0.6 is 11.9 Å². The van der Waals surface area contributed by atoms with Gasteiger partial charge in [-0.2, -0.15) is 8.42 Å². The van der Waals surface area contributed by atoms with E-state index >= 15 is 0 Å². The Morgan fingerprint density at radius 1 is 1.67 bits per heavy atom. The van der Waals surface area contributed by atoms with Gasteiger partial charge in [0.2, 0.25) is 0 Å². The highest BCUT2D eigenvalue weighted by Gasteiger charge is 2.07. The summed E-state index contributed by atoms with van der Waals surface area (Å²) >= 11 is 4.49. The van der Waals surface area contributed by atoms with Crippen molar-refractivity contribution in [3.05, 3.63) is 12.7 Å². The predicted octanol–water partition coefficient (Wildman–Crippen LogP) is 0.604. The maximum atomic E-state index is 10.3. The zero-order chi connectivity index (χ0) is 7.33. The second kappa shape index (κ2) is 3.84. The Morgan fingerprint density at radius 3 is 2.56 bits per heavy atom. The molecule has 0 aliphatic carbocycles. The Morgan fingerprint density at radius 2 is 2.22 bits per heavy atom. The Labute approximate surface area is 58.2 Å². The fourth-order valence-corrected chi connectivity index (χ4v) is 0.869. The third kappa shape index (κ3) is 4.41. The summed E-state index contributed by atoms with van der Waals surface area (Å²) in [7, 11) is -3.65. The average Bonchev–Trinajstić information content (AvgIpc) is 1.64. The van der Waals surface area contributed by atoms with Crippen LogP contribution < -0.4 is 0 Å². The summed E-state index contributed by atoms with van der Waals surface area (Å²) in [6.45, 7) is 3.17. The first-order chi connectivity index (χ1) is 4.12. The molecular weight excluding hydrogens is 168 g/mol.